The van der Waals surface area contributed by atoms with E-state index in [0.29, 0.717) is 17.0 Å². The summed E-state index contributed by atoms with van der Waals surface area (Å²) in [6.07, 6.45) is 2.15. The third kappa shape index (κ3) is 5.87. The van der Waals surface area contributed by atoms with E-state index in [0.717, 1.165) is 6.26 Å². The standard InChI is InChI=1S/C20H22ClN5O5S/c1-4-19(27)26-8-13(10-32(3,29)30)31-17(9-26)12-5-15(25-18(21)6-12)14-7-16(20(28)22-2)24-11-23-14/h4-7,11,13,17H,1,8-10H2,2-3H3,(H,22,28)/t13-,17-/m1/s1. The van der Waals surface area contributed by atoms with Crippen molar-refractivity contribution in [3.05, 3.63) is 53.6 Å². The molecule has 1 aliphatic heterocycles. The Kier molecular flexibility index (Phi) is 7.22. The molecule has 2 aromatic heterocycles. The lowest BCUT2D eigenvalue weighted by molar-refractivity contribution is -0.139. The first kappa shape index (κ1) is 23.8. The largest absolute Gasteiger partial charge is 0.366 e. The van der Waals surface area contributed by atoms with E-state index in [1.807, 2.05) is 0 Å². The van der Waals surface area contributed by atoms with Crippen LogP contribution in [0.3, 0.4) is 0 Å². The topological polar surface area (TPSA) is 131 Å². The molecule has 0 aromatic carbocycles. The second kappa shape index (κ2) is 9.72. The van der Waals surface area contributed by atoms with Gasteiger partial charge < -0.3 is 15.0 Å². The second-order valence-electron chi connectivity index (χ2n) is 7.26. The zero-order valence-corrected chi connectivity index (χ0v) is 19.1. The van der Waals surface area contributed by atoms with Crippen molar-refractivity contribution in [2.75, 3.05) is 32.1 Å². The number of hydrogen-bond acceptors (Lipinski definition) is 8. The van der Waals surface area contributed by atoms with E-state index >= 15 is 0 Å². The fourth-order valence-electron chi connectivity index (χ4n) is 3.34. The third-order valence-corrected chi connectivity index (χ3v) is 5.89. The number of hydrogen-bond donors (Lipinski definition) is 1. The Morgan fingerprint density at radius 1 is 1.28 bits per heavy atom. The number of morpholine rings is 1. The van der Waals surface area contributed by atoms with E-state index in [9.17, 15) is 18.0 Å². The van der Waals surface area contributed by atoms with E-state index in [-0.39, 0.29) is 41.5 Å². The summed E-state index contributed by atoms with van der Waals surface area (Å²) in [5.41, 5.74) is 1.48. The fraction of sp³-hybridized carbons (Fsp3) is 0.350. The number of pyridine rings is 1. The minimum absolute atomic E-state index is 0.126. The summed E-state index contributed by atoms with van der Waals surface area (Å²) in [6, 6.07) is 4.73. The first-order chi connectivity index (χ1) is 15.1. The van der Waals surface area contributed by atoms with Gasteiger partial charge in [-0.25, -0.2) is 23.4 Å². The predicted molar refractivity (Wildman–Crippen MR) is 118 cm³/mol. The molecule has 2 atom stereocenters. The summed E-state index contributed by atoms with van der Waals surface area (Å²) in [5, 5.41) is 2.63. The number of nitrogens with zero attached hydrogens (tertiary/aromatic N) is 4. The van der Waals surface area contributed by atoms with Gasteiger partial charge in [0.15, 0.2) is 0 Å². The molecule has 0 unspecified atom stereocenters. The monoisotopic (exact) mass is 479 g/mol. The zero-order valence-electron chi connectivity index (χ0n) is 17.5. The number of nitrogens with one attached hydrogen (secondary N) is 1. The normalized spacial score (nSPS) is 18.8. The van der Waals surface area contributed by atoms with Crippen LogP contribution in [0.15, 0.2) is 37.2 Å². The molecule has 1 aliphatic rings. The van der Waals surface area contributed by atoms with Crippen LogP contribution in [0.2, 0.25) is 5.15 Å². The van der Waals surface area contributed by atoms with E-state index in [4.69, 9.17) is 16.3 Å². The van der Waals surface area contributed by atoms with E-state index in [2.05, 4.69) is 26.8 Å². The molecule has 2 amide bonds. The van der Waals surface area contributed by atoms with Crippen molar-refractivity contribution >= 4 is 33.3 Å². The van der Waals surface area contributed by atoms with Crippen LogP contribution in [-0.2, 0) is 19.4 Å². The lowest BCUT2D eigenvalue weighted by Gasteiger charge is -2.37. The van der Waals surface area contributed by atoms with Crippen molar-refractivity contribution in [3.63, 3.8) is 0 Å². The van der Waals surface area contributed by atoms with Crippen LogP contribution in [0.5, 0.6) is 0 Å². The molecule has 0 spiro atoms. The average molecular weight is 480 g/mol. The van der Waals surface area contributed by atoms with Crippen LogP contribution >= 0.6 is 11.6 Å². The van der Waals surface area contributed by atoms with Crippen LogP contribution in [-0.4, -0.2) is 78.3 Å². The highest BCUT2D eigenvalue weighted by Gasteiger charge is 2.33. The maximum Gasteiger partial charge on any atom is 0.269 e. The molecule has 0 bridgehead atoms. The van der Waals surface area contributed by atoms with Crippen molar-refractivity contribution in [2.24, 2.45) is 0 Å². The van der Waals surface area contributed by atoms with E-state index in [1.165, 1.54) is 30.4 Å². The maximum atomic E-state index is 12.2. The highest BCUT2D eigenvalue weighted by Crippen LogP contribution is 2.30. The second-order valence-corrected chi connectivity index (χ2v) is 9.83. The van der Waals surface area contributed by atoms with Crippen molar-refractivity contribution in [2.45, 2.75) is 12.2 Å². The minimum Gasteiger partial charge on any atom is -0.366 e. The first-order valence-corrected chi connectivity index (χ1v) is 12.0. The Morgan fingerprint density at radius 3 is 2.69 bits per heavy atom. The summed E-state index contributed by atoms with van der Waals surface area (Å²) in [7, 11) is -1.85. The molecule has 0 aliphatic carbocycles. The number of halogens is 1. The Morgan fingerprint density at radius 2 is 2.03 bits per heavy atom. The van der Waals surface area contributed by atoms with E-state index < -0.39 is 22.0 Å². The Balaban J connectivity index is 1.97. The fourth-order valence-corrected chi connectivity index (χ4v) is 4.42. The molecule has 10 nitrogen and oxygen atoms in total. The number of ether oxygens (including phenoxy) is 1. The molecule has 3 rings (SSSR count). The van der Waals surface area contributed by atoms with Gasteiger partial charge in [0.1, 0.15) is 33.1 Å². The highest BCUT2D eigenvalue weighted by molar-refractivity contribution is 7.90. The number of carbonyl (C=O) groups is 2. The quantitative estimate of drug-likeness (QED) is 0.480. The minimum atomic E-state index is -3.34. The SMILES string of the molecule is C=CC(=O)N1C[C@H](CS(C)(=O)=O)O[C@@H](c2cc(Cl)nc(-c3cc(C(=O)NC)ncn3)c2)C1. The molecule has 1 N–H and O–H groups in total. The van der Waals surface area contributed by atoms with Crippen LogP contribution in [0, 0.1) is 0 Å². The lowest BCUT2D eigenvalue weighted by atomic mass is 10.1. The molecule has 32 heavy (non-hydrogen) atoms. The summed E-state index contributed by atoms with van der Waals surface area (Å²) in [5.74, 6) is -0.950. The molecule has 12 heteroatoms. The smallest absolute Gasteiger partial charge is 0.269 e. The molecule has 0 saturated carbocycles. The predicted octanol–water partition coefficient (Wildman–Crippen LogP) is 1.05. The number of sulfone groups is 1. The van der Waals surface area contributed by atoms with E-state index in [1.54, 1.807) is 12.1 Å². The van der Waals surface area contributed by atoms with Gasteiger partial charge in [0.25, 0.3) is 5.91 Å². The number of rotatable bonds is 6. The molecule has 1 saturated heterocycles. The first-order valence-electron chi connectivity index (χ1n) is 9.56. The molecule has 170 valence electrons. The van der Waals surface area contributed by atoms with Crippen LogP contribution in [0.4, 0.5) is 0 Å². The van der Waals surface area contributed by atoms with Crippen LogP contribution in [0.1, 0.15) is 22.2 Å². The Hall–Kier alpha value is -2.89. The van der Waals surface area contributed by atoms with Gasteiger partial charge in [-0.1, -0.05) is 18.2 Å². The highest BCUT2D eigenvalue weighted by atomic mass is 35.5. The van der Waals surface area contributed by atoms with Gasteiger partial charge in [0, 0.05) is 19.8 Å². The van der Waals surface area contributed by atoms with Crippen LogP contribution < -0.4 is 5.32 Å². The van der Waals surface area contributed by atoms with Gasteiger partial charge in [-0.3, -0.25) is 9.59 Å². The summed E-state index contributed by atoms with van der Waals surface area (Å²) in [4.78, 5) is 38.0. The van der Waals surface area contributed by atoms with Gasteiger partial charge in [-0.05, 0) is 29.8 Å². The maximum absolute atomic E-state index is 12.2. The van der Waals surface area contributed by atoms with Gasteiger partial charge >= 0.3 is 0 Å². The molecule has 0 radical (unpaired) electrons. The summed E-state index contributed by atoms with van der Waals surface area (Å²) < 4.78 is 29.6. The molecule has 1 fully saturated rings. The molecular formula is C20H22ClN5O5S. The number of amides is 2. The number of carbonyl (C=O) groups excluding carboxylic acids is 2. The molecular weight excluding hydrogens is 458 g/mol. The Labute approximate surface area is 190 Å². The van der Waals surface area contributed by atoms with Gasteiger partial charge in [0.05, 0.1) is 29.8 Å². The summed E-state index contributed by atoms with van der Waals surface area (Å²) >= 11 is 6.24. The molecule has 2 aromatic rings. The average Bonchev–Trinajstić information content (AvgIpc) is 2.76. The van der Waals surface area contributed by atoms with Gasteiger partial charge in [-0.2, -0.15) is 0 Å². The van der Waals surface area contributed by atoms with Gasteiger partial charge in [-0.15, -0.1) is 0 Å². The van der Waals surface area contributed by atoms with Crippen LogP contribution in [0.25, 0.3) is 11.4 Å². The van der Waals surface area contributed by atoms with Gasteiger partial charge in [0.2, 0.25) is 5.91 Å². The van der Waals surface area contributed by atoms with Crippen molar-refractivity contribution in [3.8, 4) is 11.4 Å². The third-order valence-electron chi connectivity index (χ3n) is 4.72. The molecule has 3 heterocycles. The van der Waals surface area contributed by atoms with Crippen molar-refractivity contribution in [1.29, 1.82) is 0 Å². The zero-order chi connectivity index (χ0) is 23.5. The Bertz CT molecular complexity index is 1160. The summed E-state index contributed by atoms with van der Waals surface area (Å²) in [6.45, 7) is 3.81. The number of aromatic nitrogens is 3. The lowest BCUT2D eigenvalue weighted by Crippen LogP contribution is -2.48. The van der Waals surface area contributed by atoms with Crippen molar-refractivity contribution in [1.82, 2.24) is 25.2 Å². The van der Waals surface area contributed by atoms with Crippen molar-refractivity contribution < 1.29 is 22.7 Å².